The molecule has 0 saturated heterocycles. The highest BCUT2D eigenvalue weighted by Gasteiger charge is 2.22. The number of aryl methyl sites for hydroxylation is 1. The van der Waals surface area contributed by atoms with Gasteiger partial charge < -0.3 is 10.2 Å². The number of anilines is 1. The minimum atomic E-state index is -1.58. The van der Waals surface area contributed by atoms with E-state index in [9.17, 15) is 9.00 Å². The lowest BCUT2D eigenvalue weighted by Gasteiger charge is -2.30. The molecule has 0 aliphatic carbocycles. The van der Waals surface area contributed by atoms with Crippen LogP contribution in [0.5, 0.6) is 0 Å². The van der Waals surface area contributed by atoms with Gasteiger partial charge in [0.2, 0.25) is 0 Å². The molecule has 0 spiro atoms. The van der Waals surface area contributed by atoms with E-state index in [1.54, 1.807) is 18.3 Å². The summed E-state index contributed by atoms with van der Waals surface area (Å²) in [6.07, 6.45) is 1.74. The van der Waals surface area contributed by atoms with Gasteiger partial charge in [-0.25, -0.2) is 4.21 Å². The van der Waals surface area contributed by atoms with Gasteiger partial charge in [0.15, 0.2) is 0 Å². The van der Waals surface area contributed by atoms with E-state index in [2.05, 4.69) is 33.0 Å². The van der Waals surface area contributed by atoms with Crippen molar-refractivity contribution in [3.8, 4) is 0 Å². The van der Waals surface area contributed by atoms with Crippen LogP contribution in [0.25, 0.3) is 0 Å². The third-order valence-electron chi connectivity index (χ3n) is 4.15. The predicted molar refractivity (Wildman–Crippen MR) is 113 cm³/mol. The normalized spacial score (nSPS) is 12.9. The SMILES string of the molecule is Cc1ccc(NC(=O)/C(=C/N(C(C)C)C(C)C)S(=O)c2ccccc2)cc1. The zero-order valence-corrected chi connectivity index (χ0v) is 17.4. The topological polar surface area (TPSA) is 49.4 Å². The third-order valence-corrected chi connectivity index (χ3v) is 5.54. The van der Waals surface area contributed by atoms with Crippen molar-refractivity contribution in [1.82, 2.24) is 4.90 Å². The predicted octanol–water partition coefficient (Wildman–Crippen LogP) is 4.70. The van der Waals surface area contributed by atoms with Crippen molar-refractivity contribution in [2.24, 2.45) is 0 Å². The number of hydrogen-bond acceptors (Lipinski definition) is 3. The van der Waals surface area contributed by atoms with Crippen molar-refractivity contribution in [3.63, 3.8) is 0 Å². The lowest BCUT2D eigenvalue weighted by atomic mass is 10.2. The Morgan fingerprint density at radius 3 is 2.04 bits per heavy atom. The average molecular weight is 385 g/mol. The zero-order chi connectivity index (χ0) is 20.0. The Morgan fingerprint density at radius 2 is 1.52 bits per heavy atom. The Labute approximate surface area is 164 Å². The summed E-state index contributed by atoms with van der Waals surface area (Å²) in [5.74, 6) is -0.354. The highest BCUT2D eigenvalue weighted by molar-refractivity contribution is 7.90. The van der Waals surface area contributed by atoms with Crippen LogP contribution in [0.15, 0.2) is 70.6 Å². The van der Waals surface area contributed by atoms with Crippen LogP contribution < -0.4 is 5.32 Å². The molecule has 0 aromatic heterocycles. The first-order chi connectivity index (χ1) is 12.8. The molecule has 0 radical (unpaired) electrons. The molecule has 27 heavy (non-hydrogen) atoms. The summed E-state index contributed by atoms with van der Waals surface area (Å²) in [5.41, 5.74) is 1.80. The molecule has 0 aliphatic rings. The van der Waals surface area contributed by atoms with Crippen molar-refractivity contribution in [1.29, 1.82) is 0 Å². The van der Waals surface area contributed by atoms with Crippen LogP contribution in [-0.2, 0) is 15.6 Å². The van der Waals surface area contributed by atoms with Gasteiger partial charge in [-0.05, 0) is 58.9 Å². The van der Waals surface area contributed by atoms with E-state index in [1.165, 1.54) is 0 Å². The van der Waals surface area contributed by atoms with Gasteiger partial charge in [-0.1, -0.05) is 35.9 Å². The van der Waals surface area contributed by atoms with Gasteiger partial charge >= 0.3 is 0 Å². The van der Waals surface area contributed by atoms with Crippen LogP contribution in [0.4, 0.5) is 5.69 Å². The maximum atomic E-state index is 13.2. The maximum absolute atomic E-state index is 13.2. The molecular formula is C22H28N2O2S. The minimum Gasteiger partial charge on any atom is -0.371 e. The molecule has 1 unspecified atom stereocenters. The zero-order valence-electron chi connectivity index (χ0n) is 16.6. The average Bonchev–Trinajstić information content (AvgIpc) is 2.63. The van der Waals surface area contributed by atoms with Crippen LogP contribution in [0.3, 0.4) is 0 Å². The number of carbonyl (C=O) groups excluding carboxylic acids is 1. The number of rotatable bonds is 7. The summed E-state index contributed by atoms with van der Waals surface area (Å²) in [6, 6.07) is 17.0. The monoisotopic (exact) mass is 384 g/mol. The third kappa shape index (κ3) is 5.79. The second-order valence-corrected chi connectivity index (χ2v) is 8.48. The Hall–Kier alpha value is -2.40. The van der Waals surface area contributed by atoms with Crippen molar-refractivity contribution in [3.05, 3.63) is 71.3 Å². The van der Waals surface area contributed by atoms with E-state index in [4.69, 9.17) is 0 Å². The van der Waals surface area contributed by atoms with Gasteiger partial charge in [0, 0.05) is 28.9 Å². The minimum absolute atomic E-state index is 0.181. The van der Waals surface area contributed by atoms with Crippen LogP contribution in [0.1, 0.15) is 33.3 Å². The molecule has 1 amide bonds. The summed E-state index contributed by atoms with van der Waals surface area (Å²) in [4.78, 5) is 15.9. The molecule has 2 aromatic carbocycles. The van der Waals surface area contributed by atoms with E-state index in [1.807, 2.05) is 54.3 Å². The van der Waals surface area contributed by atoms with Gasteiger partial charge in [0.05, 0.1) is 10.8 Å². The standard InChI is InChI=1S/C22H28N2O2S/c1-16(2)24(17(3)4)15-21(27(26)20-9-7-6-8-10-20)22(25)23-19-13-11-18(5)12-14-19/h6-17H,1-5H3,(H,23,25)/b21-15-. The summed E-state index contributed by atoms with van der Waals surface area (Å²) in [5, 5.41) is 2.88. The Kier molecular flexibility index (Phi) is 7.36. The van der Waals surface area contributed by atoms with Crippen LogP contribution in [0, 0.1) is 6.92 Å². The van der Waals surface area contributed by atoms with Crippen molar-refractivity contribution >= 4 is 22.4 Å². The van der Waals surface area contributed by atoms with Gasteiger partial charge in [0.1, 0.15) is 4.91 Å². The molecule has 2 aromatic rings. The smallest absolute Gasteiger partial charge is 0.266 e. The molecule has 5 heteroatoms. The van der Waals surface area contributed by atoms with E-state index < -0.39 is 10.8 Å². The molecule has 1 N–H and O–H groups in total. The fourth-order valence-corrected chi connectivity index (χ4v) is 3.82. The molecule has 0 fully saturated rings. The molecule has 144 valence electrons. The summed E-state index contributed by atoms with van der Waals surface area (Å²) in [7, 11) is -1.58. The molecule has 2 rings (SSSR count). The number of nitrogens with one attached hydrogen (secondary N) is 1. The van der Waals surface area contributed by atoms with E-state index >= 15 is 0 Å². The van der Waals surface area contributed by atoms with Crippen molar-refractivity contribution in [2.45, 2.75) is 51.6 Å². The Balaban J connectivity index is 2.40. The second kappa shape index (κ2) is 9.51. The van der Waals surface area contributed by atoms with Crippen molar-refractivity contribution in [2.75, 3.05) is 5.32 Å². The number of amides is 1. The number of benzene rings is 2. The lowest BCUT2D eigenvalue weighted by Crippen LogP contribution is -2.34. The van der Waals surface area contributed by atoms with E-state index in [0.29, 0.717) is 10.6 Å². The molecule has 0 heterocycles. The maximum Gasteiger partial charge on any atom is 0.266 e. The van der Waals surface area contributed by atoms with Gasteiger partial charge in [0.25, 0.3) is 5.91 Å². The molecule has 4 nitrogen and oxygen atoms in total. The Bertz CT molecular complexity index is 804. The lowest BCUT2D eigenvalue weighted by molar-refractivity contribution is -0.112. The van der Waals surface area contributed by atoms with E-state index in [0.717, 1.165) is 5.56 Å². The largest absolute Gasteiger partial charge is 0.371 e. The Morgan fingerprint density at radius 1 is 0.963 bits per heavy atom. The van der Waals surface area contributed by atoms with Crippen LogP contribution >= 0.6 is 0 Å². The molecular weight excluding hydrogens is 356 g/mol. The fourth-order valence-electron chi connectivity index (χ4n) is 2.72. The highest BCUT2D eigenvalue weighted by Crippen LogP contribution is 2.20. The summed E-state index contributed by atoms with van der Waals surface area (Å²) < 4.78 is 13.2. The molecule has 1 atom stereocenters. The second-order valence-electron chi connectivity index (χ2n) is 7.03. The van der Waals surface area contributed by atoms with E-state index in [-0.39, 0.29) is 22.9 Å². The number of carbonyl (C=O) groups is 1. The van der Waals surface area contributed by atoms with Crippen LogP contribution in [0.2, 0.25) is 0 Å². The van der Waals surface area contributed by atoms with Gasteiger partial charge in [-0.15, -0.1) is 0 Å². The quantitative estimate of drug-likeness (QED) is 0.704. The molecule has 0 saturated carbocycles. The molecule has 0 bridgehead atoms. The highest BCUT2D eigenvalue weighted by atomic mass is 32.2. The summed E-state index contributed by atoms with van der Waals surface area (Å²) in [6.45, 7) is 10.2. The summed E-state index contributed by atoms with van der Waals surface area (Å²) >= 11 is 0. The van der Waals surface area contributed by atoms with Gasteiger partial charge in [-0.2, -0.15) is 0 Å². The first-order valence-electron chi connectivity index (χ1n) is 9.13. The van der Waals surface area contributed by atoms with Crippen LogP contribution in [-0.4, -0.2) is 27.1 Å². The molecule has 0 aliphatic heterocycles. The first kappa shape index (κ1) is 20.9. The van der Waals surface area contributed by atoms with Gasteiger partial charge in [-0.3, -0.25) is 4.79 Å². The number of hydrogen-bond donors (Lipinski definition) is 1. The van der Waals surface area contributed by atoms with Crippen molar-refractivity contribution < 1.29 is 9.00 Å². The number of nitrogens with zero attached hydrogens (tertiary/aromatic N) is 1. The fraction of sp³-hybridized carbons (Fsp3) is 0.318. The first-order valence-corrected chi connectivity index (χ1v) is 10.3.